The molecule has 54 heavy (non-hydrogen) atoms. The molecule has 0 spiro atoms. The molecule has 1 aromatic heterocycles. The van der Waals surface area contributed by atoms with Crippen molar-refractivity contribution in [1.82, 2.24) is 30.4 Å². The first-order valence-electron chi connectivity index (χ1n) is 19.9. The van der Waals surface area contributed by atoms with Crippen LogP contribution < -0.4 is 5.32 Å². The molecule has 0 atom stereocenters. The largest absolute Gasteiger partial charge is 0.335 e. The van der Waals surface area contributed by atoms with Crippen LogP contribution in [0.5, 0.6) is 0 Å². The number of urea groups is 1. The number of rotatable bonds is 15. The fourth-order valence-electron chi connectivity index (χ4n) is 8.10. The van der Waals surface area contributed by atoms with Crippen molar-refractivity contribution in [1.29, 1.82) is 0 Å². The molecule has 0 aliphatic heterocycles. The molecule has 7 nitrogen and oxygen atoms in total. The number of nitrogens with zero attached hydrogens (tertiary/aromatic N) is 5. The molecule has 0 radical (unpaired) electrons. The van der Waals surface area contributed by atoms with E-state index in [2.05, 4.69) is 133 Å². The number of carbonyl (C=O) groups excluding carboxylic acids is 1. The van der Waals surface area contributed by atoms with E-state index in [9.17, 15) is 4.79 Å². The number of nitrogens with one attached hydrogen (secondary N) is 1. The second-order valence-electron chi connectivity index (χ2n) is 14.6. The summed E-state index contributed by atoms with van der Waals surface area (Å²) in [5.41, 5.74) is 6.46. The van der Waals surface area contributed by atoms with E-state index in [4.69, 9.17) is 10.3 Å². The van der Waals surface area contributed by atoms with Gasteiger partial charge in [0.25, 0.3) is 0 Å². The van der Waals surface area contributed by atoms with Gasteiger partial charge in [-0.05, 0) is 63.1 Å². The van der Waals surface area contributed by atoms with Crippen LogP contribution in [0, 0.1) is 0 Å². The summed E-state index contributed by atoms with van der Waals surface area (Å²) < 4.78 is 1.99. The minimum Gasteiger partial charge on any atom is -0.335 e. The zero-order valence-electron chi connectivity index (χ0n) is 31.5. The highest BCUT2D eigenvalue weighted by Gasteiger charge is 2.42. The van der Waals surface area contributed by atoms with Gasteiger partial charge in [-0.25, -0.2) is 9.48 Å². The maximum absolute atomic E-state index is 13.6. The van der Waals surface area contributed by atoms with Crippen LogP contribution in [0.15, 0.2) is 140 Å². The first-order chi connectivity index (χ1) is 26.7. The number of hydrogen-bond donors (Lipinski definition) is 1. The molecule has 0 unspecified atom stereocenters. The number of amides is 2. The van der Waals surface area contributed by atoms with Gasteiger partial charge in [0.05, 0.1) is 0 Å². The number of tetrazole rings is 1. The van der Waals surface area contributed by atoms with Crippen molar-refractivity contribution in [3.8, 4) is 22.5 Å². The highest BCUT2D eigenvalue weighted by atomic mass is 16.2. The van der Waals surface area contributed by atoms with Crippen molar-refractivity contribution in [3.63, 3.8) is 0 Å². The summed E-state index contributed by atoms with van der Waals surface area (Å²) in [5.74, 6) is 0.667. The molecule has 1 fully saturated rings. The fraction of sp³-hybridized carbons (Fsp3) is 0.319. The van der Waals surface area contributed by atoms with Crippen molar-refractivity contribution < 1.29 is 4.79 Å². The third kappa shape index (κ3) is 8.15. The van der Waals surface area contributed by atoms with Crippen molar-refractivity contribution in [2.45, 2.75) is 89.3 Å². The quantitative estimate of drug-likeness (QED) is 0.0848. The number of carbonyl (C=O) groups is 1. The summed E-state index contributed by atoms with van der Waals surface area (Å²) in [6.45, 7) is 3.59. The summed E-state index contributed by atoms with van der Waals surface area (Å²) in [6.07, 6.45) is 11.7. The predicted octanol–water partition coefficient (Wildman–Crippen LogP) is 10.7. The molecule has 1 aliphatic carbocycles. The average Bonchev–Trinajstić information content (AvgIpc) is 3.72. The third-order valence-corrected chi connectivity index (χ3v) is 10.9. The van der Waals surface area contributed by atoms with Crippen LogP contribution >= 0.6 is 0 Å². The fourth-order valence-corrected chi connectivity index (χ4v) is 8.10. The molecule has 5 aromatic carbocycles. The van der Waals surface area contributed by atoms with Crippen LogP contribution in [0.1, 0.15) is 93.4 Å². The standard InChI is InChI=1S/C47H52N6O/c1-2-3-4-5-20-35-52(46(54)48-42-27-16-9-17-28-42)36-37-31-33-38(34-32-37)43-29-18-19-30-44(43)45-49-50-51-53(45)47(39-21-10-6-11-22-39,40-23-12-7-13-24-40)41-25-14-8-15-26-41/h6-8,10-15,18-19,21-26,29-34,42H,2-5,9,16-17,20,27-28,35-36H2,1H3,(H,48,54). The molecular weight excluding hydrogens is 665 g/mol. The Labute approximate surface area is 320 Å². The lowest BCUT2D eigenvalue weighted by Crippen LogP contribution is -2.45. The van der Waals surface area contributed by atoms with E-state index >= 15 is 0 Å². The molecule has 1 heterocycles. The van der Waals surface area contributed by atoms with Crippen molar-refractivity contribution in [3.05, 3.63) is 162 Å². The highest BCUT2D eigenvalue weighted by Crippen LogP contribution is 2.43. The van der Waals surface area contributed by atoms with Crippen LogP contribution in [-0.4, -0.2) is 43.7 Å². The Morgan fingerprint density at radius 1 is 0.685 bits per heavy atom. The molecule has 0 bridgehead atoms. The van der Waals surface area contributed by atoms with Gasteiger partial charge in [-0.2, -0.15) is 0 Å². The topological polar surface area (TPSA) is 75.9 Å². The van der Waals surface area contributed by atoms with Crippen LogP contribution in [0.3, 0.4) is 0 Å². The normalized spacial score (nSPS) is 13.4. The van der Waals surface area contributed by atoms with E-state index < -0.39 is 5.54 Å². The summed E-state index contributed by atoms with van der Waals surface area (Å²) in [4.78, 5) is 15.6. The summed E-state index contributed by atoms with van der Waals surface area (Å²) in [6, 6.07) is 48.8. The molecule has 1 saturated carbocycles. The average molecular weight is 717 g/mol. The maximum Gasteiger partial charge on any atom is 0.317 e. The van der Waals surface area contributed by atoms with Gasteiger partial charge in [0, 0.05) is 24.7 Å². The lowest BCUT2D eigenvalue weighted by atomic mass is 9.77. The van der Waals surface area contributed by atoms with E-state index in [1.165, 1.54) is 38.5 Å². The van der Waals surface area contributed by atoms with Gasteiger partial charge in [0.1, 0.15) is 5.54 Å². The SMILES string of the molecule is CCCCCCCN(Cc1ccc(-c2ccccc2-c2nnnn2C(c2ccccc2)(c2ccccc2)c2ccccc2)cc1)C(=O)NC1CCCCC1. The number of aromatic nitrogens is 4. The third-order valence-electron chi connectivity index (χ3n) is 10.9. The molecular formula is C47H52N6O. The van der Waals surface area contributed by atoms with Crippen molar-refractivity contribution in [2.75, 3.05) is 6.54 Å². The Kier molecular flexibility index (Phi) is 12.2. The van der Waals surface area contributed by atoms with Crippen LogP contribution in [0.4, 0.5) is 4.79 Å². The Morgan fingerprint density at radius 3 is 1.83 bits per heavy atom. The monoisotopic (exact) mass is 716 g/mol. The zero-order valence-corrected chi connectivity index (χ0v) is 31.5. The summed E-state index contributed by atoms with van der Waals surface area (Å²) >= 11 is 0. The Bertz CT molecular complexity index is 1940. The number of benzene rings is 5. The molecule has 276 valence electrons. The smallest absolute Gasteiger partial charge is 0.317 e. The van der Waals surface area contributed by atoms with Gasteiger partial charge in [0.2, 0.25) is 0 Å². The Hall–Kier alpha value is -5.56. The number of unbranched alkanes of at least 4 members (excludes halogenated alkanes) is 4. The Balaban J connectivity index is 1.22. The molecule has 7 rings (SSSR count). The van der Waals surface area contributed by atoms with Gasteiger partial charge < -0.3 is 10.2 Å². The molecule has 1 aliphatic rings. The van der Waals surface area contributed by atoms with Crippen LogP contribution in [0.25, 0.3) is 22.5 Å². The first kappa shape index (κ1) is 36.8. The van der Waals surface area contributed by atoms with E-state index in [1.54, 1.807) is 0 Å². The zero-order chi connectivity index (χ0) is 37.0. The van der Waals surface area contributed by atoms with Gasteiger partial charge >= 0.3 is 6.03 Å². The lowest BCUT2D eigenvalue weighted by molar-refractivity contribution is 0.186. The lowest BCUT2D eigenvalue weighted by Gasteiger charge is -2.36. The summed E-state index contributed by atoms with van der Waals surface area (Å²) in [5, 5.41) is 17.2. The van der Waals surface area contributed by atoms with E-state index in [0.717, 1.165) is 71.2 Å². The number of hydrogen-bond acceptors (Lipinski definition) is 4. The van der Waals surface area contributed by atoms with E-state index in [1.807, 2.05) is 33.8 Å². The second kappa shape index (κ2) is 18.0. The Morgan fingerprint density at radius 2 is 1.24 bits per heavy atom. The predicted molar refractivity (Wildman–Crippen MR) is 218 cm³/mol. The summed E-state index contributed by atoms with van der Waals surface area (Å²) in [7, 11) is 0. The molecule has 7 heteroatoms. The van der Waals surface area contributed by atoms with Crippen LogP contribution in [0.2, 0.25) is 0 Å². The van der Waals surface area contributed by atoms with Gasteiger partial charge in [-0.3, -0.25) is 0 Å². The molecule has 6 aromatic rings. The first-order valence-corrected chi connectivity index (χ1v) is 19.9. The maximum atomic E-state index is 13.6. The minimum atomic E-state index is -0.849. The second-order valence-corrected chi connectivity index (χ2v) is 14.6. The minimum absolute atomic E-state index is 0.0670. The molecule has 1 N–H and O–H groups in total. The van der Waals surface area contributed by atoms with Gasteiger partial charge in [-0.15, -0.1) is 5.10 Å². The molecule has 0 saturated heterocycles. The van der Waals surface area contributed by atoms with Gasteiger partial charge in [0.15, 0.2) is 5.82 Å². The van der Waals surface area contributed by atoms with Gasteiger partial charge in [-0.1, -0.05) is 191 Å². The van der Waals surface area contributed by atoms with Crippen molar-refractivity contribution in [2.24, 2.45) is 0 Å². The van der Waals surface area contributed by atoms with E-state index in [0.29, 0.717) is 12.4 Å². The van der Waals surface area contributed by atoms with E-state index in [-0.39, 0.29) is 12.1 Å². The highest BCUT2D eigenvalue weighted by molar-refractivity contribution is 5.81. The van der Waals surface area contributed by atoms with Crippen molar-refractivity contribution >= 4 is 6.03 Å². The van der Waals surface area contributed by atoms with Crippen LogP contribution in [-0.2, 0) is 12.1 Å². The molecule has 2 amide bonds.